The Kier molecular flexibility index (Phi) is 30.0. The van der Waals surface area contributed by atoms with Gasteiger partial charge in [0.1, 0.15) is 0 Å². The van der Waals surface area contributed by atoms with Crippen molar-refractivity contribution in [2.24, 2.45) is 5.92 Å². The van der Waals surface area contributed by atoms with E-state index < -0.39 is 0 Å². The second-order valence-electron chi connectivity index (χ2n) is 15.8. The fourth-order valence-electron chi connectivity index (χ4n) is 6.44. The molecule has 0 aliphatic heterocycles. The first-order valence-electron chi connectivity index (χ1n) is 21.6. The molecule has 1 aromatic rings. The van der Waals surface area contributed by atoms with Gasteiger partial charge in [0.25, 0.3) is 0 Å². The third kappa shape index (κ3) is 25.9. The standard InChI is InChI=1S/C45H82N2O5/c1-8-10-12-14-17-23-35-50-44(51-36-24-18-15-13-11-9-2)27-21-20-26-43(48)47(34-33-46(6)7)32-22-16-19-25-37-52-45(49)40(5)42-30-28-41(29-31-42)38-39(3)4/h28-31,39-40,44H,8-27,32-38H2,1-7H3. The molecular formula is C45H82N2O5. The molecule has 0 spiro atoms. The maximum atomic E-state index is 13.3. The summed E-state index contributed by atoms with van der Waals surface area (Å²) in [6.07, 6.45) is 23.0. The van der Waals surface area contributed by atoms with Gasteiger partial charge in [-0.25, -0.2) is 0 Å². The zero-order chi connectivity index (χ0) is 38.2. The predicted molar refractivity (Wildman–Crippen MR) is 219 cm³/mol. The first kappa shape index (κ1) is 48.1. The molecule has 0 aliphatic carbocycles. The fourth-order valence-corrected chi connectivity index (χ4v) is 6.44. The van der Waals surface area contributed by atoms with E-state index in [-0.39, 0.29) is 24.1 Å². The Morgan fingerprint density at radius 2 is 1.15 bits per heavy atom. The van der Waals surface area contributed by atoms with Crippen molar-refractivity contribution in [1.82, 2.24) is 9.80 Å². The van der Waals surface area contributed by atoms with Crippen molar-refractivity contribution in [2.45, 2.75) is 182 Å². The van der Waals surface area contributed by atoms with Gasteiger partial charge < -0.3 is 24.0 Å². The molecule has 1 atom stereocenters. The van der Waals surface area contributed by atoms with Crippen LogP contribution in [-0.2, 0) is 30.2 Å². The molecular weight excluding hydrogens is 649 g/mol. The monoisotopic (exact) mass is 731 g/mol. The van der Waals surface area contributed by atoms with E-state index in [0.717, 1.165) is 103 Å². The first-order chi connectivity index (χ1) is 25.2. The number of hydrogen-bond acceptors (Lipinski definition) is 6. The van der Waals surface area contributed by atoms with Gasteiger partial charge >= 0.3 is 5.97 Å². The van der Waals surface area contributed by atoms with Crippen molar-refractivity contribution < 1.29 is 23.8 Å². The van der Waals surface area contributed by atoms with Crippen LogP contribution in [0.25, 0.3) is 0 Å². The van der Waals surface area contributed by atoms with Crippen molar-refractivity contribution in [3.05, 3.63) is 35.4 Å². The number of nitrogens with zero attached hydrogens (tertiary/aromatic N) is 2. The van der Waals surface area contributed by atoms with Gasteiger partial charge in [-0.05, 0) is 95.9 Å². The second-order valence-corrected chi connectivity index (χ2v) is 15.8. The van der Waals surface area contributed by atoms with Crippen LogP contribution < -0.4 is 0 Å². The molecule has 1 aromatic carbocycles. The molecule has 0 bridgehead atoms. The van der Waals surface area contributed by atoms with E-state index in [2.05, 4.69) is 75.9 Å². The molecule has 1 rings (SSSR count). The van der Waals surface area contributed by atoms with Crippen molar-refractivity contribution in [3.63, 3.8) is 0 Å². The van der Waals surface area contributed by atoms with Gasteiger partial charge in [-0.3, -0.25) is 9.59 Å². The average Bonchev–Trinajstić information content (AvgIpc) is 3.12. The molecule has 0 fully saturated rings. The Morgan fingerprint density at radius 3 is 1.71 bits per heavy atom. The van der Waals surface area contributed by atoms with Crippen LogP contribution in [0.15, 0.2) is 24.3 Å². The highest BCUT2D eigenvalue weighted by atomic mass is 16.7. The number of carbonyl (C=O) groups excluding carboxylic acids is 2. The van der Waals surface area contributed by atoms with Gasteiger partial charge in [-0.2, -0.15) is 0 Å². The number of ether oxygens (including phenoxy) is 3. The molecule has 7 heteroatoms. The molecule has 302 valence electrons. The van der Waals surface area contributed by atoms with Crippen molar-refractivity contribution >= 4 is 11.9 Å². The molecule has 0 heterocycles. The zero-order valence-electron chi connectivity index (χ0n) is 35.1. The van der Waals surface area contributed by atoms with Crippen LogP contribution in [0.5, 0.6) is 0 Å². The molecule has 0 saturated carbocycles. The summed E-state index contributed by atoms with van der Waals surface area (Å²) in [4.78, 5) is 30.2. The highest BCUT2D eigenvalue weighted by molar-refractivity contribution is 5.77. The number of esters is 1. The van der Waals surface area contributed by atoms with Gasteiger partial charge in [-0.15, -0.1) is 0 Å². The summed E-state index contributed by atoms with van der Waals surface area (Å²) in [6, 6.07) is 8.37. The molecule has 0 N–H and O–H groups in total. The van der Waals surface area contributed by atoms with Crippen LogP contribution in [0, 0.1) is 5.92 Å². The van der Waals surface area contributed by atoms with Crippen LogP contribution in [0.4, 0.5) is 0 Å². The minimum Gasteiger partial charge on any atom is -0.465 e. The quantitative estimate of drug-likeness (QED) is 0.0393. The highest BCUT2D eigenvalue weighted by Crippen LogP contribution is 2.20. The maximum absolute atomic E-state index is 13.3. The Morgan fingerprint density at radius 1 is 0.615 bits per heavy atom. The lowest BCUT2D eigenvalue weighted by atomic mass is 9.97. The van der Waals surface area contributed by atoms with Crippen molar-refractivity contribution in [1.29, 1.82) is 0 Å². The Labute approximate surface area is 321 Å². The predicted octanol–water partition coefficient (Wildman–Crippen LogP) is 11.1. The van der Waals surface area contributed by atoms with E-state index in [9.17, 15) is 9.59 Å². The summed E-state index contributed by atoms with van der Waals surface area (Å²) in [7, 11) is 4.12. The average molecular weight is 731 g/mol. The molecule has 0 saturated heterocycles. The normalized spacial score (nSPS) is 12.3. The Balaban J connectivity index is 2.40. The van der Waals surface area contributed by atoms with Gasteiger partial charge in [0.2, 0.25) is 5.91 Å². The smallest absolute Gasteiger partial charge is 0.313 e. The molecule has 0 aliphatic rings. The number of benzene rings is 1. The summed E-state index contributed by atoms with van der Waals surface area (Å²) in [5.74, 6) is 0.449. The second kappa shape index (κ2) is 32.5. The molecule has 7 nitrogen and oxygen atoms in total. The summed E-state index contributed by atoms with van der Waals surface area (Å²) in [6.45, 7) is 15.2. The number of carbonyl (C=O) groups is 2. The lowest BCUT2D eigenvalue weighted by molar-refractivity contribution is -0.148. The van der Waals surface area contributed by atoms with E-state index in [4.69, 9.17) is 14.2 Å². The Hall–Kier alpha value is -1.96. The number of hydrogen-bond donors (Lipinski definition) is 0. The van der Waals surface area contributed by atoms with E-state index in [0.29, 0.717) is 18.9 Å². The first-order valence-corrected chi connectivity index (χ1v) is 21.6. The number of unbranched alkanes of at least 4 members (excludes halogenated alkanes) is 14. The summed E-state index contributed by atoms with van der Waals surface area (Å²) in [5, 5.41) is 0. The largest absolute Gasteiger partial charge is 0.465 e. The van der Waals surface area contributed by atoms with Crippen LogP contribution >= 0.6 is 0 Å². The molecule has 1 amide bonds. The van der Waals surface area contributed by atoms with Crippen molar-refractivity contribution in [2.75, 3.05) is 53.6 Å². The van der Waals surface area contributed by atoms with Crippen molar-refractivity contribution in [3.8, 4) is 0 Å². The van der Waals surface area contributed by atoms with Gasteiger partial charge in [0.05, 0.1) is 12.5 Å². The third-order valence-electron chi connectivity index (χ3n) is 9.90. The zero-order valence-corrected chi connectivity index (χ0v) is 35.1. The lowest BCUT2D eigenvalue weighted by Crippen LogP contribution is -2.37. The van der Waals surface area contributed by atoms with E-state index in [1.54, 1.807) is 0 Å². The van der Waals surface area contributed by atoms with Crippen LogP contribution in [-0.4, -0.2) is 81.5 Å². The van der Waals surface area contributed by atoms with Crippen LogP contribution in [0.1, 0.15) is 180 Å². The van der Waals surface area contributed by atoms with Gasteiger partial charge in [-0.1, -0.05) is 123 Å². The summed E-state index contributed by atoms with van der Waals surface area (Å²) < 4.78 is 18.0. The van der Waals surface area contributed by atoms with Gasteiger partial charge in [0.15, 0.2) is 6.29 Å². The Bertz CT molecular complexity index is 964. The van der Waals surface area contributed by atoms with Crippen LogP contribution in [0.3, 0.4) is 0 Å². The van der Waals surface area contributed by atoms with E-state index in [1.807, 2.05) is 6.92 Å². The summed E-state index contributed by atoms with van der Waals surface area (Å²) >= 11 is 0. The molecule has 0 aromatic heterocycles. The number of rotatable bonds is 35. The highest BCUT2D eigenvalue weighted by Gasteiger charge is 2.18. The summed E-state index contributed by atoms with van der Waals surface area (Å²) in [5.41, 5.74) is 2.31. The van der Waals surface area contributed by atoms with E-state index in [1.165, 1.54) is 69.8 Å². The third-order valence-corrected chi connectivity index (χ3v) is 9.90. The molecule has 1 unspecified atom stereocenters. The number of likely N-dealkylation sites (N-methyl/N-ethyl adjacent to an activating group) is 1. The minimum atomic E-state index is -0.259. The number of amides is 1. The van der Waals surface area contributed by atoms with Gasteiger partial charge in [0, 0.05) is 39.3 Å². The minimum absolute atomic E-state index is 0.155. The molecule has 0 radical (unpaired) electrons. The fraction of sp³-hybridized carbons (Fsp3) is 0.822. The lowest BCUT2D eigenvalue weighted by Gasteiger charge is -2.25. The topological polar surface area (TPSA) is 68.3 Å². The SMILES string of the molecule is CCCCCCCCOC(CCCCC(=O)N(CCCCCCOC(=O)C(C)c1ccc(CC(C)C)cc1)CCN(C)C)OCCCCCCCC. The van der Waals surface area contributed by atoms with Crippen LogP contribution in [0.2, 0.25) is 0 Å². The van der Waals surface area contributed by atoms with E-state index >= 15 is 0 Å². The maximum Gasteiger partial charge on any atom is 0.313 e. The molecule has 52 heavy (non-hydrogen) atoms.